The van der Waals surface area contributed by atoms with Gasteiger partial charge < -0.3 is 28.8 Å². The number of aliphatic carboxylic acids is 1. The third-order valence-corrected chi connectivity index (χ3v) is 9.09. The fourth-order valence-electron chi connectivity index (χ4n) is 5.80. The summed E-state index contributed by atoms with van der Waals surface area (Å²) in [7, 11) is 0. The molecule has 0 aromatic rings. The first-order chi connectivity index (χ1) is 25.3. The molecule has 0 aliphatic rings. The molecule has 10 heteroatoms. The first-order valence-electron chi connectivity index (χ1n) is 20.4. The maximum atomic E-state index is 13.4. The van der Waals surface area contributed by atoms with Gasteiger partial charge in [-0.2, -0.15) is 0 Å². The highest BCUT2D eigenvalue weighted by molar-refractivity contribution is 5.91. The van der Waals surface area contributed by atoms with Gasteiger partial charge in [0.25, 0.3) is 5.79 Å². The molecule has 0 saturated carbocycles. The van der Waals surface area contributed by atoms with Crippen LogP contribution in [0.1, 0.15) is 182 Å². The number of ether oxygens (including phenoxy) is 5. The van der Waals surface area contributed by atoms with Crippen LogP contribution >= 0.6 is 0 Å². The molecule has 1 N–H and O–H groups in total. The van der Waals surface area contributed by atoms with Gasteiger partial charge in [-0.05, 0) is 46.5 Å². The van der Waals surface area contributed by atoms with Crippen LogP contribution in [0.4, 0.5) is 0 Å². The predicted octanol–water partition coefficient (Wildman–Crippen LogP) is 10.9. The lowest BCUT2D eigenvalue weighted by Gasteiger charge is -2.44. The lowest BCUT2D eigenvalue weighted by atomic mass is 9.96. The van der Waals surface area contributed by atoms with E-state index in [-0.39, 0.29) is 36.8 Å². The Hall–Kier alpha value is -2.98. The van der Waals surface area contributed by atoms with Crippen molar-refractivity contribution in [2.24, 2.45) is 0 Å². The summed E-state index contributed by atoms with van der Waals surface area (Å²) in [5.41, 5.74) is 0.413. The lowest BCUT2D eigenvalue weighted by molar-refractivity contribution is -0.375. The molecule has 2 unspecified atom stereocenters. The van der Waals surface area contributed by atoms with Crippen LogP contribution in [0.25, 0.3) is 0 Å². The average molecular weight is 751 g/mol. The summed E-state index contributed by atoms with van der Waals surface area (Å²) in [5, 5.41) is 10.9. The van der Waals surface area contributed by atoms with Crippen LogP contribution in [-0.4, -0.2) is 60.4 Å². The third kappa shape index (κ3) is 21.5. The zero-order valence-electron chi connectivity index (χ0n) is 34.1. The smallest absolute Gasteiger partial charge is 0.384 e. The van der Waals surface area contributed by atoms with E-state index in [9.17, 15) is 24.3 Å². The van der Waals surface area contributed by atoms with Crippen molar-refractivity contribution in [2.75, 3.05) is 19.8 Å². The third-order valence-electron chi connectivity index (χ3n) is 9.09. The number of hydrogen-bond donors (Lipinski definition) is 1. The van der Waals surface area contributed by atoms with Crippen LogP contribution in [0.2, 0.25) is 0 Å². The Morgan fingerprint density at radius 1 is 0.472 bits per heavy atom. The van der Waals surface area contributed by atoms with Crippen LogP contribution in [-0.2, 0) is 42.9 Å². The zero-order valence-corrected chi connectivity index (χ0v) is 34.1. The molecular formula is C43H74O10. The van der Waals surface area contributed by atoms with E-state index in [1.807, 2.05) is 0 Å². The topological polar surface area (TPSA) is 135 Å². The minimum Gasteiger partial charge on any atom is -0.476 e. The summed E-state index contributed by atoms with van der Waals surface area (Å²) >= 11 is 0. The molecule has 0 radical (unpaired) electrons. The quantitative estimate of drug-likeness (QED) is 0.0217. The van der Waals surface area contributed by atoms with E-state index in [1.165, 1.54) is 39.5 Å². The second-order valence-electron chi connectivity index (χ2n) is 14.4. The molecule has 53 heavy (non-hydrogen) atoms. The van der Waals surface area contributed by atoms with E-state index in [2.05, 4.69) is 33.6 Å². The summed E-state index contributed by atoms with van der Waals surface area (Å²) in [6.07, 6.45) is 20.5. The van der Waals surface area contributed by atoms with Crippen LogP contribution in [0.5, 0.6) is 0 Å². The maximum absolute atomic E-state index is 13.4. The molecule has 0 spiro atoms. The second kappa shape index (κ2) is 30.4. The van der Waals surface area contributed by atoms with E-state index in [0.29, 0.717) is 31.4 Å². The summed E-state index contributed by atoms with van der Waals surface area (Å²) < 4.78 is 29.3. The van der Waals surface area contributed by atoms with Gasteiger partial charge in [-0.3, -0.25) is 0 Å². The average Bonchev–Trinajstić information content (AvgIpc) is 3.11. The Morgan fingerprint density at radius 2 is 0.830 bits per heavy atom. The van der Waals surface area contributed by atoms with Crippen LogP contribution in [0, 0.1) is 0 Å². The molecule has 0 bridgehead atoms. The molecule has 0 heterocycles. The van der Waals surface area contributed by atoms with Gasteiger partial charge in [-0.1, -0.05) is 149 Å². The van der Waals surface area contributed by atoms with Gasteiger partial charge in [0.15, 0.2) is 0 Å². The molecule has 306 valence electrons. The van der Waals surface area contributed by atoms with E-state index in [1.54, 1.807) is 6.92 Å². The SMILES string of the molecule is C=C(C)C(=O)OCCCCCCCCCCOC(CCCCCCC)(OC(=O)C(=C)C)C(OCCCCCCCCCCC)(OC(=O)C(=C)C)C(=O)O. The van der Waals surface area contributed by atoms with Crippen molar-refractivity contribution >= 4 is 23.9 Å². The molecule has 2 atom stereocenters. The van der Waals surface area contributed by atoms with Gasteiger partial charge in [0.05, 0.1) is 19.8 Å². The highest BCUT2D eigenvalue weighted by Gasteiger charge is 2.66. The van der Waals surface area contributed by atoms with Gasteiger partial charge in [0.1, 0.15) is 0 Å². The van der Waals surface area contributed by atoms with Crippen molar-refractivity contribution < 1.29 is 48.0 Å². The number of carboxylic acids is 1. The highest BCUT2D eigenvalue weighted by Crippen LogP contribution is 2.40. The number of carbonyl (C=O) groups is 4. The van der Waals surface area contributed by atoms with Crippen LogP contribution in [0.3, 0.4) is 0 Å². The molecule has 0 aromatic carbocycles. The second-order valence-corrected chi connectivity index (χ2v) is 14.4. The summed E-state index contributed by atoms with van der Waals surface area (Å²) in [5.74, 6) is -8.89. The summed E-state index contributed by atoms with van der Waals surface area (Å²) in [6.45, 7) is 20.2. The molecule has 0 aliphatic heterocycles. The monoisotopic (exact) mass is 751 g/mol. The van der Waals surface area contributed by atoms with E-state index in [4.69, 9.17) is 23.7 Å². The van der Waals surface area contributed by atoms with E-state index >= 15 is 0 Å². The number of esters is 3. The van der Waals surface area contributed by atoms with Crippen molar-refractivity contribution in [1.82, 2.24) is 0 Å². The normalized spacial score (nSPS) is 13.4. The largest absolute Gasteiger partial charge is 0.476 e. The highest BCUT2D eigenvalue weighted by atomic mass is 16.8. The van der Waals surface area contributed by atoms with Gasteiger partial charge >= 0.3 is 29.7 Å². The fraction of sp³-hybridized carbons (Fsp3) is 0.767. The first kappa shape index (κ1) is 50.0. The van der Waals surface area contributed by atoms with Gasteiger partial charge in [-0.15, -0.1) is 0 Å². The Kier molecular flexibility index (Phi) is 28.7. The summed E-state index contributed by atoms with van der Waals surface area (Å²) in [6, 6.07) is 0. The van der Waals surface area contributed by atoms with Gasteiger partial charge in [0.2, 0.25) is 0 Å². The molecule has 0 fully saturated rings. The molecule has 10 nitrogen and oxygen atoms in total. The van der Waals surface area contributed by atoms with Gasteiger partial charge in [0, 0.05) is 23.1 Å². The van der Waals surface area contributed by atoms with Crippen molar-refractivity contribution in [3.8, 4) is 0 Å². The van der Waals surface area contributed by atoms with Crippen molar-refractivity contribution in [2.45, 2.75) is 194 Å². The van der Waals surface area contributed by atoms with Crippen molar-refractivity contribution in [3.63, 3.8) is 0 Å². The number of rotatable bonds is 36. The molecule has 0 aliphatic carbocycles. The summed E-state index contributed by atoms with van der Waals surface area (Å²) in [4.78, 5) is 51.3. The minimum absolute atomic E-state index is 0.0294. The Labute approximate surface area is 321 Å². The lowest BCUT2D eigenvalue weighted by Crippen LogP contribution is -2.67. The number of unbranched alkanes of at least 4 members (excludes halogenated alkanes) is 19. The molecule has 0 saturated heterocycles. The Balaban J connectivity index is 5.92. The first-order valence-corrected chi connectivity index (χ1v) is 20.4. The molecule has 0 rings (SSSR count). The van der Waals surface area contributed by atoms with E-state index < -0.39 is 29.5 Å². The molecule has 0 aromatic heterocycles. The predicted molar refractivity (Wildman–Crippen MR) is 210 cm³/mol. The maximum Gasteiger partial charge on any atom is 0.384 e. The van der Waals surface area contributed by atoms with Crippen LogP contribution < -0.4 is 0 Å². The molecule has 0 amide bonds. The zero-order chi connectivity index (χ0) is 40.0. The fourth-order valence-corrected chi connectivity index (χ4v) is 5.80. The number of carboxylic acid groups (broad SMARTS) is 1. The minimum atomic E-state index is -2.78. The number of carbonyl (C=O) groups excluding carboxylic acids is 3. The van der Waals surface area contributed by atoms with Crippen molar-refractivity contribution in [3.05, 3.63) is 36.5 Å². The number of hydrogen-bond acceptors (Lipinski definition) is 9. The van der Waals surface area contributed by atoms with Crippen molar-refractivity contribution in [1.29, 1.82) is 0 Å². The Bertz CT molecular complexity index is 1100. The van der Waals surface area contributed by atoms with Crippen LogP contribution in [0.15, 0.2) is 36.5 Å². The molecular weight excluding hydrogens is 676 g/mol. The van der Waals surface area contributed by atoms with E-state index in [0.717, 1.165) is 96.3 Å². The standard InChI is InChI=1S/C43H74O10/c1-9-11-13-15-16-17-22-26-30-34-51-43(41(47)48,53-40(46)37(7)8)42(52-39(45)36(5)6,31-27-23-14-12-10-2)50-33-29-25-21-19-18-20-24-28-32-49-38(44)35(3)4/h3,5,7,9-34H2,1-2,4,6,8H3,(H,47,48). The van der Waals surface area contributed by atoms with Gasteiger partial charge in [-0.25, -0.2) is 19.2 Å². The Morgan fingerprint density at radius 3 is 1.25 bits per heavy atom.